The number of nitrogens with two attached hydrogens (primary N) is 1. The van der Waals surface area contributed by atoms with Crippen LogP contribution in [0.5, 0.6) is 0 Å². The number of nitrogens with one attached hydrogen (secondary N) is 2. The highest BCUT2D eigenvalue weighted by Gasteiger charge is 2.01. The molecule has 0 radical (unpaired) electrons. The highest BCUT2D eigenvalue weighted by Crippen LogP contribution is 2.09. The Morgan fingerprint density at radius 1 is 1.15 bits per heavy atom. The van der Waals surface area contributed by atoms with Crippen molar-refractivity contribution in [2.75, 3.05) is 5.32 Å². The molecule has 6 heteroatoms. The molecule has 102 valence electrons. The molecule has 0 aliphatic heterocycles. The molecule has 0 saturated heterocycles. The van der Waals surface area contributed by atoms with E-state index < -0.39 is 5.91 Å². The largest absolute Gasteiger partial charge is 0.366 e. The molecule has 2 aromatic rings. The fraction of sp³-hybridized carbons (Fsp3) is 0.0714. The molecule has 2 rings (SSSR count). The van der Waals surface area contributed by atoms with Gasteiger partial charge in [-0.2, -0.15) is 0 Å². The second-order valence-corrected chi connectivity index (χ2v) is 4.51. The lowest BCUT2D eigenvalue weighted by Crippen LogP contribution is -2.27. The molecule has 0 atom stereocenters. The van der Waals surface area contributed by atoms with Crippen molar-refractivity contribution in [2.45, 2.75) is 6.54 Å². The Hall–Kier alpha value is -2.47. The fourth-order valence-corrected chi connectivity index (χ4v) is 1.77. The zero-order valence-electron chi connectivity index (χ0n) is 10.7. The summed E-state index contributed by atoms with van der Waals surface area (Å²) >= 11 is 5.19. The van der Waals surface area contributed by atoms with Crippen LogP contribution in [0.2, 0.25) is 0 Å². The summed E-state index contributed by atoms with van der Waals surface area (Å²) in [4.78, 5) is 14.9. The van der Waals surface area contributed by atoms with Crippen molar-refractivity contribution in [2.24, 2.45) is 5.73 Å². The molecule has 0 aliphatic carbocycles. The summed E-state index contributed by atoms with van der Waals surface area (Å²) < 4.78 is 0. The van der Waals surface area contributed by atoms with Crippen molar-refractivity contribution in [3.8, 4) is 0 Å². The van der Waals surface area contributed by atoms with E-state index >= 15 is 0 Å². The predicted molar refractivity (Wildman–Crippen MR) is 82.3 cm³/mol. The molecule has 1 aromatic heterocycles. The lowest BCUT2D eigenvalue weighted by atomic mass is 10.2. The van der Waals surface area contributed by atoms with Crippen molar-refractivity contribution in [1.29, 1.82) is 0 Å². The minimum Gasteiger partial charge on any atom is -0.366 e. The Bertz CT molecular complexity index is 598. The molecule has 1 amide bonds. The molecule has 0 spiro atoms. The molecule has 5 nitrogen and oxygen atoms in total. The minimum absolute atomic E-state index is 0.449. The zero-order valence-corrected chi connectivity index (χ0v) is 11.5. The molecule has 1 heterocycles. The van der Waals surface area contributed by atoms with Gasteiger partial charge < -0.3 is 16.4 Å². The van der Waals surface area contributed by atoms with Crippen molar-refractivity contribution < 1.29 is 4.79 Å². The number of anilines is 1. The highest BCUT2D eigenvalue weighted by atomic mass is 32.1. The van der Waals surface area contributed by atoms with Crippen LogP contribution in [0.1, 0.15) is 15.9 Å². The molecule has 0 aliphatic rings. The number of thiocarbonyl (C=S) groups is 1. The molecular weight excluding hydrogens is 272 g/mol. The van der Waals surface area contributed by atoms with Gasteiger partial charge in [-0.1, -0.05) is 0 Å². The van der Waals surface area contributed by atoms with Gasteiger partial charge in [0.25, 0.3) is 0 Å². The summed E-state index contributed by atoms with van der Waals surface area (Å²) in [6.45, 7) is 0.619. The first-order chi connectivity index (χ1) is 9.65. The zero-order chi connectivity index (χ0) is 14.4. The predicted octanol–water partition coefficient (Wildman–Crippen LogP) is 1.67. The number of primary amides is 1. The summed E-state index contributed by atoms with van der Waals surface area (Å²) in [7, 11) is 0. The Morgan fingerprint density at radius 2 is 1.80 bits per heavy atom. The van der Waals surface area contributed by atoms with Gasteiger partial charge in [0.05, 0.1) is 0 Å². The van der Waals surface area contributed by atoms with E-state index in [1.165, 1.54) is 0 Å². The Morgan fingerprint density at radius 3 is 2.40 bits per heavy atom. The van der Waals surface area contributed by atoms with E-state index in [9.17, 15) is 4.79 Å². The average Bonchev–Trinajstić information content (AvgIpc) is 2.47. The van der Waals surface area contributed by atoms with Gasteiger partial charge in [0.2, 0.25) is 5.91 Å². The first kappa shape index (κ1) is 14.0. The molecular formula is C14H14N4OS. The lowest BCUT2D eigenvalue weighted by molar-refractivity contribution is 0.100. The van der Waals surface area contributed by atoms with E-state index in [0.717, 1.165) is 11.3 Å². The van der Waals surface area contributed by atoms with E-state index in [0.29, 0.717) is 17.2 Å². The number of pyridine rings is 1. The molecule has 0 bridgehead atoms. The topological polar surface area (TPSA) is 80.0 Å². The maximum atomic E-state index is 11.0. The Balaban J connectivity index is 1.86. The Labute approximate surface area is 122 Å². The normalized spacial score (nSPS) is 9.80. The maximum Gasteiger partial charge on any atom is 0.248 e. The van der Waals surface area contributed by atoms with E-state index in [-0.39, 0.29) is 0 Å². The molecule has 1 aromatic carbocycles. The summed E-state index contributed by atoms with van der Waals surface area (Å²) in [5.74, 6) is -0.449. The number of hydrogen-bond donors (Lipinski definition) is 3. The van der Waals surface area contributed by atoms with E-state index in [1.807, 2.05) is 12.1 Å². The van der Waals surface area contributed by atoms with Crippen LogP contribution in [0, 0.1) is 0 Å². The van der Waals surface area contributed by atoms with Gasteiger partial charge in [-0.05, 0) is 54.2 Å². The van der Waals surface area contributed by atoms with Crippen molar-refractivity contribution >= 4 is 28.9 Å². The van der Waals surface area contributed by atoms with Crippen LogP contribution < -0.4 is 16.4 Å². The number of nitrogens with zero attached hydrogens (tertiary/aromatic N) is 1. The standard InChI is InChI=1S/C14H14N4OS/c15-13(19)11-1-3-12(4-2-11)18-14(20)17-9-10-5-7-16-8-6-10/h1-8H,9H2,(H2,15,19)(H2,17,18,20). The monoisotopic (exact) mass is 286 g/mol. The summed E-state index contributed by atoms with van der Waals surface area (Å²) in [6, 6.07) is 10.6. The van der Waals surface area contributed by atoms with E-state index in [1.54, 1.807) is 36.7 Å². The van der Waals surface area contributed by atoms with Crippen LogP contribution in [0.15, 0.2) is 48.8 Å². The number of carbonyl (C=O) groups excluding carboxylic acids is 1. The highest BCUT2D eigenvalue weighted by molar-refractivity contribution is 7.80. The van der Waals surface area contributed by atoms with Crippen LogP contribution in [-0.4, -0.2) is 16.0 Å². The van der Waals surface area contributed by atoms with E-state index in [2.05, 4.69) is 15.6 Å². The van der Waals surface area contributed by atoms with Crippen molar-refractivity contribution in [3.63, 3.8) is 0 Å². The van der Waals surface area contributed by atoms with Crippen LogP contribution in [0.3, 0.4) is 0 Å². The number of amides is 1. The SMILES string of the molecule is NC(=O)c1ccc(NC(=S)NCc2ccncc2)cc1. The second-order valence-electron chi connectivity index (χ2n) is 4.10. The molecule has 4 N–H and O–H groups in total. The average molecular weight is 286 g/mol. The molecule has 20 heavy (non-hydrogen) atoms. The fourth-order valence-electron chi connectivity index (χ4n) is 1.58. The number of carbonyl (C=O) groups is 1. The van der Waals surface area contributed by atoms with Gasteiger partial charge in [0, 0.05) is 30.2 Å². The number of benzene rings is 1. The third-order valence-electron chi connectivity index (χ3n) is 2.63. The molecule has 0 fully saturated rings. The summed E-state index contributed by atoms with van der Waals surface area (Å²) in [5.41, 5.74) is 7.52. The van der Waals surface area contributed by atoms with E-state index in [4.69, 9.17) is 18.0 Å². The number of hydrogen-bond acceptors (Lipinski definition) is 3. The van der Waals surface area contributed by atoms with Gasteiger partial charge >= 0.3 is 0 Å². The van der Waals surface area contributed by atoms with Gasteiger partial charge in [-0.25, -0.2) is 0 Å². The lowest BCUT2D eigenvalue weighted by Gasteiger charge is -2.10. The minimum atomic E-state index is -0.449. The van der Waals surface area contributed by atoms with Crippen LogP contribution in [0.4, 0.5) is 5.69 Å². The molecule has 0 saturated carbocycles. The van der Waals surface area contributed by atoms with Crippen molar-refractivity contribution in [1.82, 2.24) is 10.3 Å². The van der Waals surface area contributed by atoms with Crippen LogP contribution in [0.25, 0.3) is 0 Å². The maximum absolute atomic E-state index is 11.0. The smallest absolute Gasteiger partial charge is 0.248 e. The van der Waals surface area contributed by atoms with Gasteiger partial charge in [-0.3, -0.25) is 9.78 Å². The third-order valence-corrected chi connectivity index (χ3v) is 2.88. The quantitative estimate of drug-likeness (QED) is 0.745. The first-order valence-electron chi connectivity index (χ1n) is 5.99. The number of rotatable bonds is 4. The number of aromatic nitrogens is 1. The Kier molecular flexibility index (Phi) is 4.62. The van der Waals surface area contributed by atoms with Crippen molar-refractivity contribution in [3.05, 3.63) is 59.9 Å². The molecule has 0 unspecified atom stereocenters. The summed E-state index contributed by atoms with van der Waals surface area (Å²) in [5, 5.41) is 6.62. The van der Waals surface area contributed by atoms with Crippen LogP contribution >= 0.6 is 12.2 Å². The third kappa shape index (κ3) is 4.03. The first-order valence-corrected chi connectivity index (χ1v) is 6.39. The summed E-state index contributed by atoms with van der Waals surface area (Å²) in [6.07, 6.45) is 3.46. The van der Waals surface area contributed by atoms with Gasteiger partial charge in [0.15, 0.2) is 5.11 Å². The van der Waals surface area contributed by atoms with Gasteiger partial charge in [-0.15, -0.1) is 0 Å². The van der Waals surface area contributed by atoms with Crippen LogP contribution in [-0.2, 0) is 6.54 Å². The van der Waals surface area contributed by atoms with Gasteiger partial charge in [0.1, 0.15) is 0 Å². The second kappa shape index (κ2) is 6.63.